The van der Waals surface area contributed by atoms with Crippen molar-refractivity contribution >= 4 is 34.3 Å². The Morgan fingerprint density at radius 1 is 1.00 bits per heavy atom. The van der Waals surface area contributed by atoms with Crippen LogP contribution in [0.5, 0.6) is 0 Å². The summed E-state index contributed by atoms with van der Waals surface area (Å²) in [5.41, 5.74) is 2.97. The number of hydrogen-bond donors (Lipinski definition) is 2. The van der Waals surface area contributed by atoms with Crippen molar-refractivity contribution in [2.75, 3.05) is 25.0 Å². The highest BCUT2D eigenvalue weighted by Crippen LogP contribution is 2.21. The molecular formula is C24H28N4O3. The molecule has 7 heteroatoms. The van der Waals surface area contributed by atoms with Crippen molar-refractivity contribution in [2.24, 2.45) is 0 Å². The Balaban J connectivity index is 1.61. The Hall–Kier alpha value is -3.61. The highest BCUT2D eigenvalue weighted by Gasteiger charge is 2.13. The second kappa shape index (κ2) is 9.93. The molecule has 2 aromatic carbocycles. The van der Waals surface area contributed by atoms with Gasteiger partial charge < -0.3 is 20.1 Å². The summed E-state index contributed by atoms with van der Waals surface area (Å²) in [6.07, 6.45) is 1.88. The Kier molecular flexibility index (Phi) is 7.07. The zero-order chi connectivity index (χ0) is 22.4. The van der Waals surface area contributed by atoms with E-state index in [1.807, 2.05) is 61.9 Å². The normalized spacial score (nSPS) is 10.7. The molecule has 0 aliphatic heterocycles. The van der Waals surface area contributed by atoms with Gasteiger partial charge in [-0.1, -0.05) is 18.2 Å². The summed E-state index contributed by atoms with van der Waals surface area (Å²) >= 11 is 0. The minimum Gasteiger partial charge on any atom is -0.343 e. The lowest BCUT2D eigenvalue weighted by Crippen LogP contribution is -2.33. The van der Waals surface area contributed by atoms with Gasteiger partial charge in [0.1, 0.15) is 6.54 Å². The molecule has 1 aromatic heterocycles. The number of hydrogen-bond acceptors (Lipinski definition) is 3. The van der Waals surface area contributed by atoms with Gasteiger partial charge >= 0.3 is 0 Å². The molecule has 0 aliphatic rings. The average molecular weight is 421 g/mol. The maximum Gasteiger partial charge on any atom is 0.251 e. The Morgan fingerprint density at radius 2 is 1.74 bits per heavy atom. The van der Waals surface area contributed by atoms with Gasteiger partial charge in [-0.3, -0.25) is 14.4 Å². The molecule has 0 spiro atoms. The summed E-state index contributed by atoms with van der Waals surface area (Å²) in [6, 6.07) is 14.7. The molecule has 0 unspecified atom stereocenters. The molecular weight excluding hydrogens is 392 g/mol. The summed E-state index contributed by atoms with van der Waals surface area (Å²) in [6.45, 7) is 7.32. The Morgan fingerprint density at radius 3 is 2.45 bits per heavy atom. The van der Waals surface area contributed by atoms with Gasteiger partial charge in [-0.2, -0.15) is 0 Å². The summed E-state index contributed by atoms with van der Waals surface area (Å²) in [5.74, 6) is -0.514. The molecule has 0 fully saturated rings. The third-order valence-corrected chi connectivity index (χ3v) is 5.28. The zero-order valence-corrected chi connectivity index (χ0v) is 18.1. The van der Waals surface area contributed by atoms with E-state index in [0.29, 0.717) is 24.3 Å². The van der Waals surface area contributed by atoms with Crippen LogP contribution in [0.25, 0.3) is 10.9 Å². The second-order valence-electron chi connectivity index (χ2n) is 7.33. The number of benzene rings is 2. The molecule has 0 atom stereocenters. The molecule has 0 saturated carbocycles. The van der Waals surface area contributed by atoms with Crippen LogP contribution < -0.4 is 10.6 Å². The van der Waals surface area contributed by atoms with Gasteiger partial charge in [0, 0.05) is 41.4 Å². The number of anilines is 1. The highest BCUT2D eigenvalue weighted by atomic mass is 16.2. The molecule has 7 nitrogen and oxygen atoms in total. The number of likely N-dealkylation sites (N-methyl/N-ethyl adjacent to an activating group) is 1. The van der Waals surface area contributed by atoms with Crippen LogP contribution in [0, 0.1) is 6.92 Å². The minimum atomic E-state index is -0.308. The number of carbonyl (C=O) groups is 3. The Labute approximate surface area is 182 Å². The molecule has 162 valence electrons. The highest BCUT2D eigenvalue weighted by molar-refractivity contribution is 6.00. The van der Waals surface area contributed by atoms with Crippen molar-refractivity contribution in [1.29, 1.82) is 0 Å². The van der Waals surface area contributed by atoms with Crippen LogP contribution in [0.2, 0.25) is 0 Å². The van der Waals surface area contributed by atoms with Gasteiger partial charge in [0.15, 0.2) is 0 Å². The summed E-state index contributed by atoms with van der Waals surface area (Å²) in [4.78, 5) is 38.7. The number of nitrogens with zero attached hydrogens (tertiary/aromatic N) is 2. The van der Waals surface area contributed by atoms with Crippen LogP contribution in [0.4, 0.5) is 5.69 Å². The van der Waals surface area contributed by atoms with E-state index in [4.69, 9.17) is 0 Å². The van der Waals surface area contributed by atoms with Gasteiger partial charge in [0.25, 0.3) is 5.91 Å². The van der Waals surface area contributed by atoms with Crippen molar-refractivity contribution in [3.63, 3.8) is 0 Å². The van der Waals surface area contributed by atoms with Crippen molar-refractivity contribution in [3.8, 4) is 0 Å². The van der Waals surface area contributed by atoms with E-state index in [2.05, 4.69) is 10.6 Å². The van der Waals surface area contributed by atoms with Crippen LogP contribution in [0.15, 0.2) is 54.7 Å². The van der Waals surface area contributed by atoms with Crippen LogP contribution >= 0.6 is 0 Å². The fourth-order valence-corrected chi connectivity index (χ4v) is 3.53. The predicted molar refractivity (Wildman–Crippen MR) is 122 cm³/mol. The maximum absolute atomic E-state index is 12.4. The van der Waals surface area contributed by atoms with Crippen molar-refractivity contribution in [1.82, 2.24) is 14.8 Å². The Bertz CT molecular complexity index is 1100. The largest absolute Gasteiger partial charge is 0.343 e. The van der Waals surface area contributed by atoms with E-state index in [9.17, 15) is 14.4 Å². The van der Waals surface area contributed by atoms with Gasteiger partial charge in [-0.25, -0.2) is 0 Å². The number of rotatable bonds is 8. The number of carbonyl (C=O) groups excluding carboxylic acids is 3. The number of nitrogens with one attached hydrogen (secondary N) is 2. The molecule has 31 heavy (non-hydrogen) atoms. The predicted octanol–water partition coefficient (Wildman–Crippen LogP) is 3.19. The van der Waals surface area contributed by atoms with Crippen LogP contribution in [0.3, 0.4) is 0 Å². The molecule has 3 aromatic rings. The van der Waals surface area contributed by atoms with Gasteiger partial charge in [-0.05, 0) is 56.7 Å². The van der Waals surface area contributed by atoms with E-state index in [0.717, 1.165) is 16.5 Å². The average Bonchev–Trinajstić information content (AvgIpc) is 3.15. The van der Waals surface area contributed by atoms with Crippen molar-refractivity contribution in [3.05, 3.63) is 65.9 Å². The van der Waals surface area contributed by atoms with E-state index in [1.54, 1.807) is 23.1 Å². The van der Waals surface area contributed by atoms with Gasteiger partial charge in [0.2, 0.25) is 11.8 Å². The first-order valence-electron chi connectivity index (χ1n) is 10.4. The number of aromatic nitrogens is 1. The topological polar surface area (TPSA) is 83.4 Å². The molecule has 2 N–H and O–H groups in total. The van der Waals surface area contributed by atoms with Gasteiger partial charge in [-0.15, -0.1) is 0 Å². The van der Waals surface area contributed by atoms with E-state index >= 15 is 0 Å². The van der Waals surface area contributed by atoms with Crippen LogP contribution in [-0.2, 0) is 16.1 Å². The molecule has 3 rings (SSSR count). The molecule has 3 amide bonds. The number of amides is 3. The summed E-state index contributed by atoms with van der Waals surface area (Å²) < 4.78 is 1.91. The van der Waals surface area contributed by atoms with Crippen LogP contribution in [-0.4, -0.2) is 46.8 Å². The molecule has 0 radical (unpaired) electrons. The first-order valence-corrected chi connectivity index (χ1v) is 10.4. The molecule has 1 heterocycles. The van der Waals surface area contributed by atoms with Gasteiger partial charge in [0.05, 0.1) is 6.54 Å². The summed E-state index contributed by atoms with van der Waals surface area (Å²) in [7, 11) is 0. The fourth-order valence-electron chi connectivity index (χ4n) is 3.53. The third-order valence-electron chi connectivity index (χ3n) is 5.28. The zero-order valence-electron chi connectivity index (χ0n) is 18.1. The first kappa shape index (κ1) is 22.1. The van der Waals surface area contributed by atoms with E-state index in [-0.39, 0.29) is 30.8 Å². The number of fused-ring (bicyclic) bond motifs is 1. The lowest BCUT2D eigenvalue weighted by Gasteiger charge is -2.19. The monoisotopic (exact) mass is 420 g/mol. The third kappa shape index (κ3) is 5.31. The van der Waals surface area contributed by atoms with Crippen LogP contribution in [0.1, 0.15) is 29.8 Å². The minimum absolute atomic E-state index is 0.0734. The second-order valence-corrected chi connectivity index (χ2v) is 7.33. The summed E-state index contributed by atoms with van der Waals surface area (Å²) in [5, 5.41) is 6.38. The number of aryl methyl sites for hydroxylation is 1. The first-order chi connectivity index (χ1) is 14.9. The van der Waals surface area contributed by atoms with Crippen molar-refractivity contribution < 1.29 is 14.4 Å². The van der Waals surface area contributed by atoms with E-state index in [1.165, 1.54) is 0 Å². The van der Waals surface area contributed by atoms with E-state index < -0.39 is 0 Å². The fraction of sp³-hybridized carbons (Fsp3) is 0.292. The molecule has 0 bridgehead atoms. The standard InChI is InChI=1S/C24H28N4O3/c1-4-27(5-2)23(30)16-28-13-12-18-14-19(10-11-21(18)28)26-22(29)15-25-24(31)20-9-7-6-8-17(20)3/h6-14H,4-5,15-16H2,1-3H3,(H,25,31)(H,26,29). The maximum atomic E-state index is 12.4. The van der Waals surface area contributed by atoms with Crippen molar-refractivity contribution in [2.45, 2.75) is 27.3 Å². The lowest BCUT2D eigenvalue weighted by atomic mass is 10.1. The lowest BCUT2D eigenvalue weighted by molar-refractivity contribution is -0.131. The quantitative estimate of drug-likeness (QED) is 0.587. The molecule has 0 saturated heterocycles. The smallest absolute Gasteiger partial charge is 0.251 e. The SMILES string of the molecule is CCN(CC)C(=O)Cn1ccc2cc(NC(=O)CNC(=O)c3ccccc3C)ccc21. The molecule has 0 aliphatic carbocycles.